The van der Waals surface area contributed by atoms with Crippen molar-refractivity contribution >= 4 is 29.5 Å². The normalized spacial score (nSPS) is 16.6. The van der Waals surface area contributed by atoms with Crippen LogP contribution in [0, 0.1) is 0 Å². The number of hydrogen-bond acceptors (Lipinski definition) is 6. The lowest BCUT2D eigenvalue weighted by molar-refractivity contribution is 0.597. The lowest BCUT2D eigenvalue weighted by atomic mass is 9.96. The predicted octanol–water partition coefficient (Wildman–Crippen LogP) is 7.46. The Kier molecular flexibility index (Phi) is 5.11. The Balaban J connectivity index is 1.12. The minimum Gasteiger partial charge on any atom is -0.218 e. The van der Waals surface area contributed by atoms with E-state index in [1.165, 1.54) is 0 Å². The van der Waals surface area contributed by atoms with Gasteiger partial charge in [0, 0.05) is 33.4 Å². The SMILES string of the molecule is O=S1(=O)c2ccccc2-c2ccc(-c3ccc4c(c3)S(=O)(=O)c3cc(-c5ccc6c(c5)S(=O)(=O)c5ccccc5-6)ccc3-4)cc21. The second-order valence-electron chi connectivity index (χ2n) is 11.3. The summed E-state index contributed by atoms with van der Waals surface area (Å²) in [6, 6.07) is 34.4. The van der Waals surface area contributed by atoms with Crippen molar-refractivity contribution in [3.05, 3.63) is 121 Å². The maximum absolute atomic E-state index is 13.9. The van der Waals surface area contributed by atoms with Gasteiger partial charge in [-0.25, -0.2) is 25.3 Å². The molecule has 0 radical (unpaired) electrons. The molecule has 0 saturated carbocycles. The molecule has 0 saturated heterocycles. The van der Waals surface area contributed by atoms with Gasteiger partial charge in [0.25, 0.3) is 0 Å². The van der Waals surface area contributed by atoms with Crippen LogP contribution in [-0.4, -0.2) is 25.3 Å². The van der Waals surface area contributed by atoms with Gasteiger partial charge < -0.3 is 0 Å². The second-order valence-corrected chi connectivity index (χ2v) is 17.0. The van der Waals surface area contributed by atoms with E-state index in [1.54, 1.807) is 109 Å². The van der Waals surface area contributed by atoms with Crippen molar-refractivity contribution < 1.29 is 25.3 Å². The number of benzene rings is 6. The third-order valence-electron chi connectivity index (χ3n) is 8.97. The van der Waals surface area contributed by atoms with Crippen LogP contribution in [0.2, 0.25) is 0 Å². The fourth-order valence-corrected chi connectivity index (χ4v) is 11.9. The summed E-state index contributed by atoms with van der Waals surface area (Å²) in [5.74, 6) is 0. The fraction of sp³-hybridized carbons (Fsp3) is 0. The van der Waals surface area contributed by atoms with Crippen molar-refractivity contribution in [3.8, 4) is 55.6 Å². The maximum Gasteiger partial charge on any atom is 0.207 e. The van der Waals surface area contributed by atoms with Crippen LogP contribution < -0.4 is 0 Å². The fourth-order valence-electron chi connectivity index (χ4n) is 6.79. The van der Waals surface area contributed by atoms with Crippen LogP contribution in [0.25, 0.3) is 55.6 Å². The molecule has 0 aliphatic carbocycles. The Bertz CT molecular complexity index is 2510. The molecule has 6 nitrogen and oxygen atoms in total. The third-order valence-corrected chi connectivity index (χ3v) is 14.5. The summed E-state index contributed by atoms with van der Waals surface area (Å²) in [6.45, 7) is 0. The lowest BCUT2D eigenvalue weighted by Gasteiger charge is -2.08. The lowest BCUT2D eigenvalue weighted by Crippen LogP contribution is -1.99. The summed E-state index contributed by atoms with van der Waals surface area (Å²) in [6.07, 6.45) is 0. The molecule has 3 heterocycles. The van der Waals surface area contributed by atoms with Gasteiger partial charge in [-0.2, -0.15) is 0 Å². The van der Waals surface area contributed by atoms with E-state index in [0.29, 0.717) is 55.6 Å². The number of fused-ring (bicyclic) bond motifs is 9. The highest BCUT2D eigenvalue weighted by molar-refractivity contribution is 7.92. The van der Waals surface area contributed by atoms with Gasteiger partial charge in [-0.05, 0) is 58.7 Å². The van der Waals surface area contributed by atoms with Crippen molar-refractivity contribution in [1.29, 1.82) is 0 Å². The van der Waals surface area contributed by atoms with Crippen LogP contribution in [0.1, 0.15) is 0 Å². The molecule has 3 aliphatic rings. The molecular formula is C36H20O6S3. The average Bonchev–Trinajstić information content (AvgIpc) is 3.53. The average molecular weight is 645 g/mol. The Labute approximate surface area is 260 Å². The molecule has 218 valence electrons. The molecule has 9 rings (SSSR count). The van der Waals surface area contributed by atoms with Crippen LogP contribution in [0.5, 0.6) is 0 Å². The third kappa shape index (κ3) is 3.45. The maximum atomic E-state index is 13.9. The second kappa shape index (κ2) is 8.66. The summed E-state index contributed by atoms with van der Waals surface area (Å²) >= 11 is 0. The standard InChI is InChI=1S/C36H20O6S3/c37-43(38)31-7-3-1-5-25(31)27-13-9-21(17-33(27)43)23-11-15-29-30-16-12-24(20-36(30)45(41,42)35(29)19-23)22-10-14-28-26-6-2-4-8-32(26)44(39,40)34(28)18-22/h1-20H. The van der Waals surface area contributed by atoms with E-state index in [4.69, 9.17) is 0 Å². The topological polar surface area (TPSA) is 102 Å². The van der Waals surface area contributed by atoms with E-state index in [9.17, 15) is 25.3 Å². The van der Waals surface area contributed by atoms with Gasteiger partial charge in [0.1, 0.15) is 0 Å². The van der Waals surface area contributed by atoms with Crippen molar-refractivity contribution in [2.45, 2.75) is 29.4 Å². The van der Waals surface area contributed by atoms with Gasteiger partial charge >= 0.3 is 0 Å². The highest BCUT2D eigenvalue weighted by Gasteiger charge is 2.36. The Hall–Kier alpha value is -4.83. The van der Waals surface area contributed by atoms with Gasteiger partial charge in [-0.15, -0.1) is 0 Å². The van der Waals surface area contributed by atoms with E-state index >= 15 is 0 Å². The first-order valence-electron chi connectivity index (χ1n) is 14.1. The molecule has 0 amide bonds. The van der Waals surface area contributed by atoms with Crippen molar-refractivity contribution in [3.63, 3.8) is 0 Å². The first-order valence-corrected chi connectivity index (χ1v) is 18.5. The Morgan fingerprint density at radius 1 is 0.267 bits per heavy atom. The van der Waals surface area contributed by atoms with Crippen LogP contribution >= 0.6 is 0 Å². The van der Waals surface area contributed by atoms with E-state index < -0.39 is 29.5 Å². The van der Waals surface area contributed by atoms with Crippen LogP contribution in [-0.2, 0) is 29.5 Å². The zero-order valence-corrected chi connectivity index (χ0v) is 25.7. The molecule has 0 unspecified atom stereocenters. The monoisotopic (exact) mass is 644 g/mol. The Morgan fingerprint density at radius 2 is 0.511 bits per heavy atom. The molecule has 0 bridgehead atoms. The number of hydrogen-bond donors (Lipinski definition) is 0. The number of rotatable bonds is 2. The Morgan fingerprint density at radius 3 is 0.822 bits per heavy atom. The predicted molar refractivity (Wildman–Crippen MR) is 170 cm³/mol. The summed E-state index contributed by atoms with van der Waals surface area (Å²) in [7, 11) is -11.3. The van der Waals surface area contributed by atoms with E-state index in [0.717, 1.165) is 0 Å². The van der Waals surface area contributed by atoms with Gasteiger partial charge in [-0.3, -0.25) is 0 Å². The van der Waals surface area contributed by atoms with E-state index in [2.05, 4.69) is 0 Å². The smallest absolute Gasteiger partial charge is 0.207 e. The molecule has 3 aliphatic heterocycles. The zero-order chi connectivity index (χ0) is 30.9. The molecule has 9 heteroatoms. The van der Waals surface area contributed by atoms with Gasteiger partial charge in [0.05, 0.1) is 29.4 Å². The molecule has 6 aromatic carbocycles. The summed E-state index contributed by atoms with van der Waals surface area (Å²) in [5, 5.41) is 0. The molecule has 0 fully saturated rings. The minimum absolute atomic E-state index is 0.144. The van der Waals surface area contributed by atoms with E-state index in [1.807, 2.05) is 12.1 Å². The van der Waals surface area contributed by atoms with Crippen LogP contribution in [0.15, 0.2) is 151 Å². The van der Waals surface area contributed by atoms with Crippen molar-refractivity contribution in [1.82, 2.24) is 0 Å². The van der Waals surface area contributed by atoms with Gasteiger partial charge in [-0.1, -0.05) is 84.9 Å². The van der Waals surface area contributed by atoms with E-state index in [-0.39, 0.29) is 29.4 Å². The van der Waals surface area contributed by atoms with Gasteiger partial charge in [0.2, 0.25) is 29.5 Å². The molecule has 45 heavy (non-hydrogen) atoms. The summed E-state index contributed by atoms with van der Waals surface area (Å²) in [4.78, 5) is 1.24. The minimum atomic E-state index is -3.92. The van der Waals surface area contributed by atoms with Crippen molar-refractivity contribution in [2.75, 3.05) is 0 Å². The quantitative estimate of drug-likeness (QED) is 0.194. The molecule has 0 N–H and O–H groups in total. The first-order chi connectivity index (χ1) is 21.6. The summed E-state index contributed by atoms with van der Waals surface area (Å²) < 4.78 is 81.0. The van der Waals surface area contributed by atoms with Gasteiger partial charge in [0.15, 0.2) is 0 Å². The molecule has 0 aromatic heterocycles. The molecule has 0 atom stereocenters. The van der Waals surface area contributed by atoms with Crippen LogP contribution in [0.3, 0.4) is 0 Å². The molecule has 6 aromatic rings. The summed E-state index contributed by atoms with van der Waals surface area (Å²) in [5.41, 5.74) is 6.07. The molecule has 0 spiro atoms. The zero-order valence-electron chi connectivity index (χ0n) is 23.2. The highest BCUT2D eigenvalue weighted by atomic mass is 32.2. The van der Waals surface area contributed by atoms with Crippen LogP contribution in [0.4, 0.5) is 0 Å². The first kappa shape index (κ1) is 26.6. The number of sulfone groups is 3. The highest BCUT2D eigenvalue weighted by Crippen LogP contribution is 2.49. The largest absolute Gasteiger partial charge is 0.218 e. The van der Waals surface area contributed by atoms with Crippen molar-refractivity contribution in [2.24, 2.45) is 0 Å². The molecular weight excluding hydrogens is 625 g/mol.